The Morgan fingerprint density at radius 2 is 1.24 bits per heavy atom. The Morgan fingerprint density at radius 1 is 0.520 bits per heavy atom. The van der Waals surface area contributed by atoms with Crippen molar-refractivity contribution in [3.8, 4) is 45.7 Å². The number of thiophene rings is 1. The van der Waals surface area contributed by atoms with Crippen LogP contribution in [0.3, 0.4) is 0 Å². The van der Waals surface area contributed by atoms with Crippen LogP contribution in [-0.4, -0.2) is 14.5 Å². The summed E-state index contributed by atoms with van der Waals surface area (Å²) in [6.07, 6.45) is 0. The van der Waals surface area contributed by atoms with Crippen LogP contribution in [0.1, 0.15) is 5.56 Å². The zero-order chi connectivity index (χ0) is 33.2. The molecule has 0 bridgehead atoms. The predicted octanol–water partition coefficient (Wildman–Crippen LogP) is 12.0. The largest absolute Gasteiger partial charge is 0.309 e. The second-order valence-electron chi connectivity index (χ2n) is 12.5. The maximum absolute atomic E-state index is 10.9. The molecule has 3 aromatic heterocycles. The molecule has 5 heteroatoms. The van der Waals surface area contributed by atoms with Crippen molar-refractivity contribution in [1.82, 2.24) is 14.5 Å². The molecule has 0 N–H and O–H groups in total. The molecule has 0 saturated heterocycles. The Hall–Kier alpha value is -6.61. The van der Waals surface area contributed by atoms with Gasteiger partial charge in [-0.3, -0.25) is 0 Å². The molecule has 50 heavy (non-hydrogen) atoms. The van der Waals surface area contributed by atoms with Gasteiger partial charge < -0.3 is 4.57 Å². The van der Waals surface area contributed by atoms with E-state index in [1.165, 1.54) is 20.9 Å². The van der Waals surface area contributed by atoms with Crippen LogP contribution >= 0.6 is 11.3 Å². The van der Waals surface area contributed by atoms with Gasteiger partial charge >= 0.3 is 0 Å². The minimum Gasteiger partial charge on any atom is -0.309 e. The van der Waals surface area contributed by atoms with Gasteiger partial charge in [-0.15, -0.1) is 11.3 Å². The van der Waals surface area contributed by atoms with Gasteiger partial charge in [-0.1, -0.05) is 115 Å². The van der Waals surface area contributed by atoms with Gasteiger partial charge in [-0.2, -0.15) is 5.26 Å². The van der Waals surface area contributed by atoms with E-state index in [2.05, 4.69) is 126 Å². The average Bonchev–Trinajstić information content (AvgIpc) is 3.73. The number of benzene rings is 7. The highest BCUT2D eigenvalue weighted by atomic mass is 32.1. The molecule has 0 atom stereocenters. The van der Waals surface area contributed by atoms with Gasteiger partial charge in [0.15, 0.2) is 5.82 Å². The lowest BCUT2D eigenvalue weighted by molar-refractivity contribution is 1.17. The van der Waals surface area contributed by atoms with Crippen molar-refractivity contribution in [2.75, 3.05) is 0 Å². The molecule has 3 heterocycles. The van der Waals surface area contributed by atoms with E-state index >= 15 is 0 Å². The molecule has 10 rings (SSSR count). The van der Waals surface area contributed by atoms with Crippen molar-refractivity contribution >= 4 is 64.1 Å². The summed E-state index contributed by atoms with van der Waals surface area (Å²) in [4.78, 5) is 10.3. The number of nitrogens with zero attached hydrogens (tertiary/aromatic N) is 4. The Kier molecular flexibility index (Phi) is 6.38. The zero-order valence-corrected chi connectivity index (χ0v) is 27.5. The molecule has 7 aromatic carbocycles. The molecule has 0 amide bonds. The Labute approximate surface area is 291 Å². The normalized spacial score (nSPS) is 11.6. The van der Waals surface area contributed by atoms with Crippen LogP contribution < -0.4 is 0 Å². The van der Waals surface area contributed by atoms with Gasteiger partial charge in [0, 0.05) is 53.3 Å². The molecule has 0 saturated carbocycles. The van der Waals surface area contributed by atoms with Crippen molar-refractivity contribution in [1.29, 1.82) is 5.26 Å². The second kappa shape index (κ2) is 11.2. The summed E-state index contributed by atoms with van der Waals surface area (Å²) in [6.45, 7) is 0. The highest BCUT2D eigenvalue weighted by molar-refractivity contribution is 7.26. The van der Waals surface area contributed by atoms with Gasteiger partial charge in [0.1, 0.15) is 11.6 Å². The van der Waals surface area contributed by atoms with Crippen LogP contribution in [0.2, 0.25) is 0 Å². The summed E-state index contributed by atoms with van der Waals surface area (Å²) >= 11 is 1.78. The minimum absolute atomic E-state index is 0.464. The Balaban J connectivity index is 1.33. The Morgan fingerprint density at radius 3 is 2.08 bits per heavy atom. The topological polar surface area (TPSA) is 54.5 Å². The number of rotatable bonds is 4. The molecule has 0 radical (unpaired) electrons. The van der Waals surface area contributed by atoms with Gasteiger partial charge in [0.25, 0.3) is 0 Å². The quantitative estimate of drug-likeness (QED) is 0.190. The van der Waals surface area contributed by atoms with Crippen LogP contribution in [0.4, 0.5) is 0 Å². The van der Waals surface area contributed by atoms with Crippen molar-refractivity contribution in [2.24, 2.45) is 0 Å². The number of para-hydroxylation sites is 2. The van der Waals surface area contributed by atoms with E-state index in [0.29, 0.717) is 22.8 Å². The molecule has 10 aromatic rings. The van der Waals surface area contributed by atoms with E-state index in [4.69, 9.17) is 9.97 Å². The standard InChI is InChI=1S/C45H26N4S/c46-27-35-43(31-23-22-28-12-7-8-15-30(28)26-31)47-45(29-13-3-1-4-14-29)48-44(35)34-19-11-21-38-41(34)42-39(50-38)25-24-37-40(42)33-18-9-10-20-36(33)49(37)32-16-5-2-6-17-32/h1-26H. The maximum atomic E-state index is 10.9. The second-order valence-corrected chi connectivity index (χ2v) is 13.5. The fraction of sp³-hybridized carbons (Fsp3) is 0. The van der Waals surface area contributed by atoms with E-state index in [1.807, 2.05) is 42.5 Å². The van der Waals surface area contributed by atoms with Gasteiger partial charge in [0.05, 0.1) is 22.4 Å². The lowest BCUT2D eigenvalue weighted by Gasteiger charge is -2.14. The van der Waals surface area contributed by atoms with Crippen LogP contribution in [0, 0.1) is 11.3 Å². The monoisotopic (exact) mass is 654 g/mol. The molecule has 232 valence electrons. The fourth-order valence-electron chi connectivity index (χ4n) is 7.44. The van der Waals surface area contributed by atoms with Gasteiger partial charge in [-0.05, 0) is 53.2 Å². The first kappa shape index (κ1) is 28.4. The van der Waals surface area contributed by atoms with Crippen molar-refractivity contribution in [3.05, 3.63) is 163 Å². The molecule has 0 aliphatic rings. The highest BCUT2D eigenvalue weighted by Crippen LogP contribution is 2.47. The lowest BCUT2D eigenvalue weighted by atomic mass is 9.95. The third-order valence-electron chi connectivity index (χ3n) is 9.64. The average molecular weight is 655 g/mol. The van der Waals surface area contributed by atoms with Gasteiger partial charge in [-0.25, -0.2) is 9.97 Å². The summed E-state index contributed by atoms with van der Waals surface area (Å²) in [7, 11) is 0. The Bertz CT molecular complexity index is 2990. The molecule has 0 unspecified atom stereocenters. The first-order valence-electron chi connectivity index (χ1n) is 16.6. The van der Waals surface area contributed by atoms with Crippen molar-refractivity contribution < 1.29 is 0 Å². The minimum atomic E-state index is 0.464. The number of hydrogen-bond acceptors (Lipinski definition) is 4. The number of fused-ring (bicyclic) bond motifs is 8. The van der Waals surface area contributed by atoms with Gasteiger partial charge in [0.2, 0.25) is 0 Å². The summed E-state index contributed by atoms with van der Waals surface area (Å²) in [6, 6.07) is 57.2. The molecule has 0 aliphatic heterocycles. The van der Waals surface area contributed by atoms with Crippen LogP contribution in [-0.2, 0) is 0 Å². The van der Waals surface area contributed by atoms with Crippen LogP contribution in [0.15, 0.2) is 158 Å². The van der Waals surface area contributed by atoms with Crippen LogP contribution in [0.5, 0.6) is 0 Å². The number of nitriles is 1. The third-order valence-corrected chi connectivity index (χ3v) is 10.8. The fourth-order valence-corrected chi connectivity index (χ4v) is 8.58. The summed E-state index contributed by atoms with van der Waals surface area (Å²) in [5, 5.41) is 17.9. The lowest BCUT2D eigenvalue weighted by Crippen LogP contribution is -2.01. The summed E-state index contributed by atoms with van der Waals surface area (Å²) < 4.78 is 4.70. The van der Waals surface area contributed by atoms with Crippen LogP contribution in [0.25, 0.3) is 92.3 Å². The zero-order valence-electron chi connectivity index (χ0n) is 26.7. The molecule has 0 fully saturated rings. The molecule has 4 nitrogen and oxygen atoms in total. The smallest absolute Gasteiger partial charge is 0.160 e. The van der Waals surface area contributed by atoms with E-state index in [-0.39, 0.29) is 0 Å². The van der Waals surface area contributed by atoms with E-state index in [1.54, 1.807) is 11.3 Å². The number of aromatic nitrogens is 3. The van der Waals surface area contributed by atoms with Crippen molar-refractivity contribution in [2.45, 2.75) is 0 Å². The van der Waals surface area contributed by atoms with E-state index in [9.17, 15) is 5.26 Å². The third kappa shape index (κ3) is 4.29. The summed E-state index contributed by atoms with van der Waals surface area (Å²) in [5.41, 5.74) is 7.86. The first-order chi connectivity index (χ1) is 24.8. The summed E-state index contributed by atoms with van der Waals surface area (Å²) in [5.74, 6) is 0.588. The first-order valence-corrected chi connectivity index (χ1v) is 17.4. The van der Waals surface area contributed by atoms with Crippen molar-refractivity contribution in [3.63, 3.8) is 0 Å². The molecule has 0 aliphatic carbocycles. The molecule has 0 spiro atoms. The SMILES string of the molecule is N#Cc1c(-c2ccc3ccccc3c2)nc(-c2ccccc2)nc1-c1cccc2sc3ccc4c(c5ccccc5n4-c4ccccc4)c3c12. The van der Waals surface area contributed by atoms with E-state index < -0.39 is 0 Å². The maximum Gasteiger partial charge on any atom is 0.160 e. The van der Waals surface area contributed by atoms with E-state index in [0.717, 1.165) is 54.3 Å². The number of hydrogen-bond donors (Lipinski definition) is 0. The predicted molar refractivity (Wildman–Crippen MR) is 208 cm³/mol. The highest BCUT2D eigenvalue weighted by Gasteiger charge is 2.24. The molecular weight excluding hydrogens is 629 g/mol. The molecular formula is C45H26N4S.